The Labute approximate surface area is 183 Å². The first-order valence-electron chi connectivity index (χ1n) is 8.85. The van der Waals surface area contributed by atoms with Crippen molar-refractivity contribution in [3.05, 3.63) is 64.1 Å². The first kappa shape index (κ1) is 22.8. The van der Waals surface area contributed by atoms with Gasteiger partial charge in [-0.15, -0.1) is 0 Å². The molecular formula is C20H22BrN3O4S. The van der Waals surface area contributed by atoms with E-state index in [1.54, 1.807) is 25.3 Å². The predicted octanol–water partition coefficient (Wildman–Crippen LogP) is 2.74. The highest BCUT2D eigenvalue weighted by Crippen LogP contribution is 2.26. The summed E-state index contributed by atoms with van der Waals surface area (Å²) in [6.07, 6.45) is 0.908. The lowest BCUT2D eigenvalue weighted by atomic mass is 10.1. The number of hydrazine groups is 1. The second-order valence-corrected chi connectivity index (χ2v) is 7.19. The van der Waals surface area contributed by atoms with Crippen LogP contribution in [0.2, 0.25) is 0 Å². The molecule has 0 radical (unpaired) electrons. The number of halogens is 1. The minimum absolute atomic E-state index is 0.000366. The molecule has 0 saturated heterocycles. The maximum atomic E-state index is 12.3. The van der Waals surface area contributed by atoms with Crippen molar-refractivity contribution >= 4 is 45.1 Å². The molecule has 0 heterocycles. The fourth-order valence-corrected chi connectivity index (χ4v) is 2.93. The summed E-state index contributed by atoms with van der Waals surface area (Å²) in [4.78, 5) is 24.2. The molecular weight excluding hydrogens is 458 g/mol. The van der Waals surface area contributed by atoms with Gasteiger partial charge in [0.25, 0.3) is 5.91 Å². The second kappa shape index (κ2) is 12.2. The Balaban J connectivity index is 1.76. The van der Waals surface area contributed by atoms with Gasteiger partial charge >= 0.3 is 0 Å². The lowest BCUT2D eigenvalue weighted by molar-refractivity contribution is -0.121. The van der Waals surface area contributed by atoms with Crippen molar-refractivity contribution in [1.29, 1.82) is 0 Å². The minimum atomic E-state index is -0.412. The SMILES string of the molecule is COCCOc1ccc(C(=O)NC(=S)NNC(=O)CCc2ccccc2)cc1Br. The Hall–Kier alpha value is -2.49. The van der Waals surface area contributed by atoms with E-state index in [1.165, 1.54) is 0 Å². The van der Waals surface area contributed by atoms with Crippen LogP contribution >= 0.6 is 28.1 Å². The molecule has 154 valence electrons. The van der Waals surface area contributed by atoms with Crippen molar-refractivity contribution < 1.29 is 19.1 Å². The zero-order valence-corrected chi connectivity index (χ0v) is 18.3. The molecule has 0 fully saturated rings. The predicted molar refractivity (Wildman–Crippen MR) is 118 cm³/mol. The van der Waals surface area contributed by atoms with Crippen molar-refractivity contribution in [2.24, 2.45) is 0 Å². The number of hydrogen-bond donors (Lipinski definition) is 3. The Kier molecular flexibility index (Phi) is 9.55. The molecule has 0 aliphatic carbocycles. The number of aryl methyl sites for hydroxylation is 1. The third kappa shape index (κ3) is 8.18. The topological polar surface area (TPSA) is 88.7 Å². The van der Waals surface area contributed by atoms with E-state index in [0.29, 0.717) is 41.8 Å². The van der Waals surface area contributed by atoms with Gasteiger partial charge in [-0.25, -0.2) is 0 Å². The van der Waals surface area contributed by atoms with Gasteiger partial charge in [0.05, 0.1) is 11.1 Å². The zero-order chi connectivity index (χ0) is 21.1. The maximum Gasteiger partial charge on any atom is 0.257 e. The Morgan fingerprint density at radius 1 is 1.07 bits per heavy atom. The average molecular weight is 480 g/mol. The van der Waals surface area contributed by atoms with Crippen LogP contribution in [0.1, 0.15) is 22.3 Å². The summed E-state index contributed by atoms with van der Waals surface area (Å²) in [6.45, 7) is 0.865. The van der Waals surface area contributed by atoms with Crippen LogP contribution < -0.4 is 20.9 Å². The van der Waals surface area contributed by atoms with Crippen LogP contribution in [0, 0.1) is 0 Å². The number of thiocarbonyl (C=S) groups is 1. The van der Waals surface area contributed by atoms with E-state index in [-0.39, 0.29) is 11.0 Å². The summed E-state index contributed by atoms with van der Waals surface area (Å²) in [5, 5.41) is 2.51. The third-order valence-corrected chi connectivity index (χ3v) is 4.59. The van der Waals surface area contributed by atoms with Gasteiger partial charge < -0.3 is 9.47 Å². The van der Waals surface area contributed by atoms with Crippen LogP contribution in [0.3, 0.4) is 0 Å². The summed E-state index contributed by atoms with van der Waals surface area (Å²) in [7, 11) is 1.59. The number of rotatable bonds is 8. The van der Waals surface area contributed by atoms with Gasteiger partial charge in [-0.2, -0.15) is 0 Å². The summed E-state index contributed by atoms with van der Waals surface area (Å²) in [5.74, 6) is -0.0408. The van der Waals surface area contributed by atoms with Gasteiger partial charge in [0.1, 0.15) is 12.4 Å². The zero-order valence-electron chi connectivity index (χ0n) is 15.9. The lowest BCUT2D eigenvalue weighted by Crippen LogP contribution is -2.48. The third-order valence-electron chi connectivity index (χ3n) is 3.77. The van der Waals surface area contributed by atoms with E-state index in [2.05, 4.69) is 32.1 Å². The number of ether oxygens (including phenoxy) is 2. The molecule has 0 atom stereocenters. The number of carbonyl (C=O) groups is 2. The number of benzene rings is 2. The van der Waals surface area contributed by atoms with E-state index in [1.807, 2.05) is 30.3 Å². The van der Waals surface area contributed by atoms with Crippen molar-refractivity contribution in [2.45, 2.75) is 12.8 Å². The van der Waals surface area contributed by atoms with Crippen LogP contribution in [0.15, 0.2) is 53.0 Å². The molecule has 2 aromatic rings. The summed E-state index contributed by atoms with van der Waals surface area (Å²) in [5.41, 5.74) is 6.46. The largest absolute Gasteiger partial charge is 0.490 e. The van der Waals surface area contributed by atoms with Gasteiger partial charge in [-0.3, -0.25) is 25.8 Å². The van der Waals surface area contributed by atoms with Gasteiger partial charge in [0, 0.05) is 19.1 Å². The fraction of sp³-hybridized carbons (Fsp3) is 0.250. The summed E-state index contributed by atoms with van der Waals surface area (Å²) >= 11 is 8.42. The quantitative estimate of drug-likeness (QED) is 0.306. The van der Waals surface area contributed by atoms with Gasteiger partial charge in [-0.05, 0) is 58.3 Å². The number of hydrogen-bond acceptors (Lipinski definition) is 5. The van der Waals surface area contributed by atoms with Crippen molar-refractivity contribution in [1.82, 2.24) is 16.2 Å². The van der Waals surface area contributed by atoms with Crippen LogP contribution in [0.4, 0.5) is 0 Å². The van der Waals surface area contributed by atoms with Crippen LogP contribution in [0.5, 0.6) is 5.75 Å². The monoisotopic (exact) mass is 479 g/mol. The fourth-order valence-electron chi connectivity index (χ4n) is 2.29. The molecule has 2 amide bonds. The van der Waals surface area contributed by atoms with Crippen molar-refractivity contribution in [2.75, 3.05) is 20.3 Å². The van der Waals surface area contributed by atoms with Crippen molar-refractivity contribution in [3.63, 3.8) is 0 Å². The van der Waals surface area contributed by atoms with Gasteiger partial charge in [0.15, 0.2) is 5.11 Å². The number of nitrogens with one attached hydrogen (secondary N) is 3. The highest BCUT2D eigenvalue weighted by Gasteiger charge is 2.11. The molecule has 0 bridgehead atoms. The number of amides is 2. The second-order valence-electron chi connectivity index (χ2n) is 5.93. The first-order valence-corrected chi connectivity index (χ1v) is 10.0. The van der Waals surface area contributed by atoms with E-state index >= 15 is 0 Å². The van der Waals surface area contributed by atoms with Crippen molar-refractivity contribution in [3.8, 4) is 5.75 Å². The standard InChI is InChI=1S/C20H22BrN3O4S/c1-27-11-12-28-17-9-8-15(13-16(17)21)19(26)22-20(29)24-23-18(25)10-7-14-5-3-2-4-6-14/h2-6,8-9,13H,7,10-12H2,1H3,(H,23,25)(H2,22,24,26,29). The highest BCUT2D eigenvalue weighted by atomic mass is 79.9. The van der Waals surface area contributed by atoms with E-state index < -0.39 is 5.91 Å². The summed E-state index contributed by atoms with van der Waals surface area (Å²) in [6, 6.07) is 14.6. The van der Waals surface area contributed by atoms with Crippen LogP contribution in [-0.2, 0) is 16.0 Å². The Morgan fingerprint density at radius 2 is 1.83 bits per heavy atom. The molecule has 29 heavy (non-hydrogen) atoms. The maximum absolute atomic E-state index is 12.3. The number of methoxy groups -OCH3 is 1. The molecule has 0 spiro atoms. The Morgan fingerprint density at radius 3 is 2.52 bits per heavy atom. The van der Waals surface area contributed by atoms with E-state index in [0.717, 1.165) is 5.56 Å². The number of carbonyl (C=O) groups excluding carboxylic acids is 2. The molecule has 0 saturated carbocycles. The first-order chi connectivity index (χ1) is 14.0. The molecule has 9 heteroatoms. The summed E-state index contributed by atoms with van der Waals surface area (Å²) < 4.78 is 11.1. The molecule has 0 aromatic heterocycles. The van der Waals surface area contributed by atoms with E-state index in [9.17, 15) is 9.59 Å². The molecule has 0 aliphatic heterocycles. The van der Waals surface area contributed by atoms with Gasteiger partial charge in [-0.1, -0.05) is 30.3 Å². The molecule has 0 unspecified atom stereocenters. The average Bonchev–Trinajstić information content (AvgIpc) is 2.72. The minimum Gasteiger partial charge on any atom is -0.490 e. The molecule has 2 aromatic carbocycles. The lowest BCUT2D eigenvalue weighted by Gasteiger charge is -2.12. The highest BCUT2D eigenvalue weighted by molar-refractivity contribution is 9.10. The molecule has 0 aliphatic rings. The molecule has 7 nitrogen and oxygen atoms in total. The smallest absolute Gasteiger partial charge is 0.257 e. The van der Waals surface area contributed by atoms with E-state index in [4.69, 9.17) is 21.7 Å². The molecule has 2 rings (SSSR count). The molecule has 3 N–H and O–H groups in total. The normalized spacial score (nSPS) is 10.1. The van der Waals surface area contributed by atoms with Crippen LogP contribution in [0.25, 0.3) is 0 Å². The van der Waals surface area contributed by atoms with Crippen LogP contribution in [-0.4, -0.2) is 37.3 Å². The van der Waals surface area contributed by atoms with Gasteiger partial charge in [0.2, 0.25) is 5.91 Å². The Bertz CT molecular complexity index is 849.